The molecule has 2 N–H and O–H groups in total. The Balaban J connectivity index is 1.41. The maximum Gasteiger partial charge on any atom is 0.255 e. The van der Waals surface area contributed by atoms with Crippen LogP contribution in [0.3, 0.4) is 0 Å². The van der Waals surface area contributed by atoms with E-state index in [0.717, 1.165) is 16.7 Å². The standard InChI is InChI=1S/C23H23N5O4/c24-10-11-25-26-12-15-4-6-16(7-5-15)14-32-20-3-1-2-17-18(20)13-28(23(17)31)19-8-9-21(29)27-22(19)30/h1-7,10,19,24H,8-9,11-14H2,(H,27,29,30). The minimum atomic E-state index is -0.649. The minimum absolute atomic E-state index is 0.221. The van der Waals surface area contributed by atoms with Gasteiger partial charge in [0.05, 0.1) is 19.6 Å². The number of amides is 3. The molecule has 164 valence electrons. The molecular weight excluding hydrogens is 410 g/mol. The van der Waals surface area contributed by atoms with Crippen molar-refractivity contribution in [3.63, 3.8) is 0 Å². The zero-order valence-corrected chi connectivity index (χ0v) is 17.4. The molecule has 1 saturated heterocycles. The van der Waals surface area contributed by atoms with Gasteiger partial charge in [0.25, 0.3) is 5.91 Å². The molecular formula is C23H23N5O4. The minimum Gasteiger partial charge on any atom is -0.489 e. The van der Waals surface area contributed by atoms with Crippen LogP contribution in [0.1, 0.15) is 39.9 Å². The number of piperidine rings is 1. The van der Waals surface area contributed by atoms with Crippen LogP contribution in [0.4, 0.5) is 0 Å². The maximum absolute atomic E-state index is 12.9. The lowest BCUT2D eigenvalue weighted by molar-refractivity contribution is -0.136. The highest BCUT2D eigenvalue weighted by atomic mass is 16.5. The van der Waals surface area contributed by atoms with E-state index >= 15 is 0 Å². The van der Waals surface area contributed by atoms with Crippen molar-refractivity contribution in [1.82, 2.24) is 10.2 Å². The third-order valence-corrected chi connectivity index (χ3v) is 5.48. The number of nitrogens with zero attached hydrogens (tertiary/aromatic N) is 3. The predicted octanol–water partition coefficient (Wildman–Crippen LogP) is 2.63. The van der Waals surface area contributed by atoms with E-state index < -0.39 is 11.9 Å². The molecule has 4 rings (SSSR count). The molecule has 1 unspecified atom stereocenters. The number of fused-ring (bicyclic) bond motifs is 1. The van der Waals surface area contributed by atoms with Gasteiger partial charge in [-0.3, -0.25) is 19.7 Å². The van der Waals surface area contributed by atoms with E-state index in [1.165, 1.54) is 11.1 Å². The van der Waals surface area contributed by atoms with E-state index in [4.69, 9.17) is 10.1 Å². The molecule has 3 amide bonds. The summed E-state index contributed by atoms with van der Waals surface area (Å²) in [7, 11) is 0. The van der Waals surface area contributed by atoms with Gasteiger partial charge in [-0.25, -0.2) is 0 Å². The van der Waals surface area contributed by atoms with Crippen molar-refractivity contribution in [3.8, 4) is 5.75 Å². The van der Waals surface area contributed by atoms with E-state index in [0.29, 0.717) is 30.9 Å². The van der Waals surface area contributed by atoms with Crippen molar-refractivity contribution < 1.29 is 19.1 Å². The van der Waals surface area contributed by atoms with Crippen LogP contribution in [0.5, 0.6) is 5.75 Å². The number of hydrogen-bond donors (Lipinski definition) is 2. The summed E-state index contributed by atoms with van der Waals surface area (Å²) in [5.41, 5.74) is 3.26. The SMILES string of the molecule is N=CCN=NCc1ccc(COc2cccc3c2CN(C2CCC(=O)NC2=O)C3=O)cc1. The molecule has 0 aromatic heterocycles. The first kappa shape index (κ1) is 21.4. The molecule has 2 aliphatic rings. The molecule has 2 heterocycles. The topological polar surface area (TPSA) is 124 Å². The Kier molecular flexibility index (Phi) is 6.34. The Labute approximate surface area is 185 Å². The monoisotopic (exact) mass is 433 g/mol. The average Bonchev–Trinajstić information content (AvgIpc) is 3.13. The molecule has 1 atom stereocenters. The molecule has 0 aliphatic carbocycles. The van der Waals surface area contributed by atoms with Crippen molar-refractivity contribution >= 4 is 23.9 Å². The third kappa shape index (κ3) is 4.56. The number of ether oxygens (including phenoxy) is 1. The zero-order valence-electron chi connectivity index (χ0n) is 17.4. The Morgan fingerprint density at radius 3 is 2.62 bits per heavy atom. The van der Waals surface area contributed by atoms with E-state index in [2.05, 4.69) is 15.5 Å². The van der Waals surface area contributed by atoms with Gasteiger partial charge in [0, 0.05) is 23.8 Å². The van der Waals surface area contributed by atoms with Crippen LogP contribution in [0.2, 0.25) is 0 Å². The van der Waals surface area contributed by atoms with Crippen LogP contribution in [0.25, 0.3) is 0 Å². The molecule has 0 bridgehead atoms. The van der Waals surface area contributed by atoms with Gasteiger partial charge in [0.2, 0.25) is 11.8 Å². The summed E-state index contributed by atoms with van der Waals surface area (Å²) in [6.07, 6.45) is 1.75. The highest BCUT2D eigenvalue weighted by Crippen LogP contribution is 2.33. The molecule has 9 nitrogen and oxygen atoms in total. The summed E-state index contributed by atoms with van der Waals surface area (Å²) in [6.45, 7) is 1.35. The second kappa shape index (κ2) is 9.51. The van der Waals surface area contributed by atoms with Gasteiger partial charge in [-0.05, 0) is 29.7 Å². The Hall–Kier alpha value is -3.88. The van der Waals surface area contributed by atoms with Crippen LogP contribution in [0, 0.1) is 5.41 Å². The zero-order chi connectivity index (χ0) is 22.5. The summed E-state index contributed by atoms with van der Waals surface area (Å²) >= 11 is 0. The molecule has 2 aromatic carbocycles. The van der Waals surface area contributed by atoms with Crippen LogP contribution in [-0.4, -0.2) is 41.4 Å². The first-order chi connectivity index (χ1) is 15.6. The van der Waals surface area contributed by atoms with Crippen LogP contribution in [0.15, 0.2) is 52.7 Å². The summed E-state index contributed by atoms with van der Waals surface area (Å²) in [6, 6.07) is 12.5. The Morgan fingerprint density at radius 1 is 1.09 bits per heavy atom. The van der Waals surface area contributed by atoms with Gasteiger partial charge in [-0.2, -0.15) is 10.2 Å². The van der Waals surface area contributed by atoms with Crippen LogP contribution >= 0.6 is 0 Å². The summed E-state index contributed by atoms with van der Waals surface area (Å²) in [5, 5.41) is 17.1. The lowest BCUT2D eigenvalue weighted by Crippen LogP contribution is -2.52. The van der Waals surface area contributed by atoms with Crippen LogP contribution < -0.4 is 10.1 Å². The largest absolute Gasteiger partial charge is 0.489 e. The smallest absolute Gasteiger partial charge is 0.255 e. The van der Waals surface area contributed by atoms with E-state index in [9.17, 15) is 14.4 Å². The summed E-state index contributed by atoms with van der Waals surface area (Å²) in [4.78, 5) is 38.1. The number of carbonyl (C=O) groups is 3. The lowest BCUT2D eigenvalue weighted by atomic mass is 10.0. The van der Waals surface area contributed by atoms with Gasteiger partial charge in [0.15, 0.2) is 0 Å². The van der Waals surface area contributed by atoms with Crippen molar-refractivity contribution in [2.75, 3.05) is 6.54 Å². The fraction of sp³-hybridized carbons (Fsp3) is 0.304. The van der Waals surface area contributed by atoms with Gasteiger partial charge < -0.3 is 15.0 Å². The molecule has 1 fully saturated rings. The van der Waals surface area contributed by atoms with Crippen LogP contribution in [-0.2, 0) is 29.3 Å². The van der Waals surface area contributed by atoms with E-state index in [-0.39, 0.29) is 31.3 Å². The molecule has 9 heteroatoms. The summed E-state index contributed by atoms with van der Waals surface area (Å²) in [5.74, 6) is -0.348. The van der Waals surface area contributed by atoms with Gasteiger partial charge in [-0.1, -0.05) is 30.3 Å². The normalized spacial score (nSPS) is 18.1. The number of azo groups is 1. The number of imide groups is 1. The van der Waals surface area contributed by atoms with E-state index in [1.54, 1.807) is 12.1 Å². The molecule has 0 spiro atoms. The first-order valence-electron chi connectivity index (χ1n) is 10.4. The van der Waals surface area contributed by atoms with Gasteiger partial charge in [-0.15, -0.1) is 0 Å². The van der Waals surface area contributed by atoms with Crippen molar-refractivity contribution in [2.45, 2.75) is 38.6 Å². The summed E-state index contributed by atoms with van der Waals surface area (Å²) < 4.78 is 6.02. The second-order valence-corrected chi connectivity index (χ2v) is 7.62. The predicted molar refractivity (Wildman–Crippen MR) is 115 cm³/mol. The van der Waals surface area contributed by atoms with E-state index in [1.807, 2.05) is 30.3 Å². The van der Waals surface area contributed by atoms with Gasteiger partial charge >= 0.3 is 0 Å². The quantitative estimate of drug-likeness (QED) is 0.377. The highest BCUT2D eigenvalue weighted by molar-refractivity contribution is 6.05. The molecule has 0 saturated carbocycles. The van der Waals surface area contributed by atoms with Crippen molar-refractivity contribution in [3.05, 3.63) is 64.7 Å². The maximum atomic E-state index is 12.9. The lowest BCUT2D eigenvalue weighted by Gasteiger charge is -2.29. The number of nitrogens with one attached hydrogen (secondary N) is 2. The Morgan fingerprint density at radius 2 is 1.88 bits per heavy atom. The fourth-order valence-electron chi connectivity index (χ4n) is 3.82. The average molecular weight is 433 g/mol. The Bertz CT molecular complexity index is 1080. The van der Waals surface area contributed by atoms with Crippen molar-refractivity contribution in [1.29, 1.82) is 5.41 Å². The third-order valence-electron chi connectivity index (χ3n) is 5.48. The number of benzene rings is 2. The first-order valence-corrected chi connectivity index (χ1v) is 10.4. The van der Waals surface area contributed by atoms with Crippen molar-refractivity contribution in [2.24, 2.45) is 10.2 Å². The molecule has 32 heavy (non-hydrogen) atoms. The number of rotatable bonds is 8. The van der Waals surface area contributed by atoms with Gasteiger partial charge in [0.1, 0.15) is 18.4 Å². The highest BCUT2D eigenvalue weighted by Gasteiger charge is 2.40. The molecule has 2 aliphatic heterocycles. The number of hydrogen-bond acceptors (Lipinski definition) is 7. The number of carbonyl (C=O) groups excluding carboxylic acids is 3. The molecule has 2 aromatic rings. The second-order valence-electron chi connectivity index (χ2n) is 7.62. The molecule has 0 radical (unpaired) electrons. The fourth-order valence-corrected chi connectivity index (χ4v) is 3.82.